The van der Waals surface area contributed by atoms with Crippen LogP contribution in [0.2, 0.25) is 0 Å². The van der Waals surface area contributed by atoms with Gasteiger partial charge in [-0.05, 0) is 73.8 Å². The Kier molecular flexibility index (Phi) is 3.70. The van der Waals surface area contributed by atoms with Crippen molar-refractivity contribution in [2.45, 2.75) is 64.9 Å². The Morgan fingerprint density at radius 2 is 1.88 bits per heavy atom. The van der Waals surface area contributed by atoms with Crippen molar-refractivity contribution in [3.05, 3.63) is 22.8 Å². The highest BCUT2D eigenvalue weighted by atomic mass is 35.5. The fraction of sp³-hybridized carbons (Fsp3) is 0.714. The van der Waals surface area contributed by atoms with Crippen molar-refractivity contribution >= 4 is 23.2 Å². The summed E-state index contributed by atoms with van der Waals surface area (Å²) in [5, 5.41) is 11.9. The van der Waals surface area contributed by atoms with E-state index < -0.39 is 5.60 Å². The molecule has 3 nitrogen and oxygen atoms in total. The van der Waals surface area contributed by atoms with Crippen LogP contribution >= 0.6 is 11.6 Å². The lowest BCUT2D eigenvalue weighted by Gasteiger charge is -2.57. The largest absolute Gasteiger partial charge is 0.382 e. The van der Waals surface area contributed by atoms with E-state index in [1.807, 2.05) is 0 Å². The van der Waals surface area contributed by atoms with Gasteiger partial charge in [-0.3, -0.25) is 9.59 Å². The molecule has 0 heterocycles. The molecule has 0 aromatic rings. The highest BCUT2D eigenvalue weighted by Crippen LogP contribution is 2.67. The van der Waals surface area contributed by atoms with E-state index in [0.717, 1.165) is 31.3 Å². The van der Waals surface area contributed by atoms with Gasteiger partial charge in [0.2, 0.25) is 0 Å². The van der Waals surface area contributed by atoms with Crippen LogP contribution in [0.25, 0.3) is 0 Å². The Morgan fingerprint density at radius 1 is 1.20 bits per heavy atom. The lowest BCUT2D eigenvalue weighted by atomic mass is 9.48. The maximum Gasteiger partial charge on any atom is 0.161 e. The molecular weight excluding hydrogens is 336 g/mol. The molecule has 0 aromatic carbocycles. The molecule has 4 rings (SSSR count). The third-order valence-electron chi connectivity index (χ3n) is 8.29. The van der Waals surface area contributed by atoms with Gasteiger partial charge in [0.15, 0.2) is 11.6 Å². The van der Waals surface area contributed by atoms with Gasteiger partial charge < -0.3 is 5.11 Å². The molecule has 0 bridgehead atoms. The Hall–Kier alpha value is -0.930. The fourth-order valence-electron chi connectivity index (χ4n) is 6.67. The van der Waals surface area contributed by atoms with Crippen LogP contribution in [0.4, 0.5) is 0 Å². The van der Waals surface area contributed by atoms with Gasteiger partial charge in [0.25, 0.3) is 0 Å². The summed E-state index contributed by atoms with van der Waals surface area (Å²) in [5.74, 6) is 1.04. The predicted molar refractivity (Wildman–Crippen MR) is 97.0 cm³/mol. The minimum absolute atomic E-state index is 0.0668. The molecule has 2 fully saturated rings. The number of hydrogen-bond acceptors (Lipinski definition) is 3. The van der Waals surface area contributed by atoms with Crippen LogP contribution in [-0.2, 0) is 9.59 Å². The standard InChI is InChI=1S/C21H27ClO3/c1-12(23)21(25)9-6-16-14-11-18(22)17-10-13(24)4-7-19(17,2)15(14)5-8-20(16,21)3/h10-11,14-16,25H,4-9H2,1-3H3/t14-,15+,16+,19+,20-,21+/m0/s1. The first-order valence-electron chi connectivity index (χ1n) is 9.49. The van der Waals surface area contributed by atoms with Gasteiger partial charge in [0.05, 0.1) is 0 Å². The van der Waals surface area contributed by atoms with Crippen molar-refractivity contribution in [1.82, 2.24) is 0 Å². The highest BCUT2D eigenvalue weighted by Gasteiger charge is 2.65. The number of Topliss-reactive ketones (excluding diaryl/α,β-unsaturated/α-hetero) is 1. The SMILES string of the molecule is CC(=O)[C@]1(O)CC[C@@H]2[C@H]3C=C(Cl)C4=CC(=O)CC[C@]4(C)[C@@H]3CC[C@@]21C. The maximum atomic E-state index is 12.2. The molecule has 1 N–H and O–H groups in total. The van der Waals surface area contributed by atoms with E-state index in [4.69, 9.17) is 11.6 Å². The molecule has 0 unspecified atom stereocenters. The topological polar surface area (TPSA) is 54.4 Å². The van der Waals surface area contributed by atoms with Gasteiger partial charge in [0, 0.05) is 16.9 Å². The summed E-state index contributed by atoms with van der Waals surface area (Å²) >= 11 is 6.65. The first-order valence-corrected chi connectivity index (χ1v) is 9.87. The molecule has 4 aliphatic rings. The quantitative estimate of drug-likeness (QED) is 0.761. The minimum Gasteiger partial charge on any atom is -0.382 e. The van der Waals surface area contributed by atoms with E-state index in [9.17, 15) is 14.7 Å². The number of hydrogen-bond donors (Lipinski definition) is 1. The average molecular weight is 363 g/mol. The van der Waals surface area contributed by atoms with E-state index in [1.54, 1.807) is 6.08 Å². The predicted octanol–water partition coefficient (Wildman–Crippen LogP) is 4.18. The zero-order valence-corrected chi connectivity index (χ0v) is 16.0. The van der Waals surface area contributed by atoms with Gasteiger partial charge in [-0.25, -0.2) is 0 Å². The molecule has 4 aliphatic carbocycles. The third kappa shape index (κ3) is 2.09. The molecule has 136 valence electrons. The molecule has 6 atom stereocenters. The smallest absolute Gasteiger partial charge is 0.161 e. The van der Waals surface area contributed by atoms with Crippen LogP contribution in [0, 0.1) is 28.6 Å². The van der Waals surface area contributed by atoms with E-state index in [1.165, 1.54) is 6.92 Å². The lowest BCUT2D eigenvalue weighted by Crippen LogP contribution is -2.56. The second kappa shape index (κ2) is 5.29. The first kappa shape index (κ1) is 17.5. The molecule has 25 heavy (non-hydrogen) atoms. The fourth-order valence-corrected chi connectivity index (χ4v) is 7.08. The molecule has 4 heteroatoms. The van der Waals surface area contributed by atoms with Crippen molar-refractivity contribution in [3.63, 3.8) is 0 Å². The highest BCUT2D eigenvalue weighted by molar-refractivity contribution is 6.32. The molecule has 0 spiro atoms. The van der Waals surface area contributed by atoms with Crippen LogP contribution in [0.15, 0.2) is 22.8 Å². The summed E-state index contributed by atoms with van der Waals surface area (Å²) in [5.41, 5.74) is -0.643. The van der Waals surface area contributed by atoms with Gasteiger partial charge in [-0.1, -0.05) is 31.5 Å². The Balaban J connectivity index is 1.80. The summed E-state index contributed by atoms with van der Waals surface area (Å²) in [6, 6.07) is 0. The molecule has 0 aromatic heterocycles. The van der Waals surface area contributed by atoms with Crippen molar-refractivity contribution in [2.24, 2.45) is 28.6 Å². The maximum absolute atomic E-state index is 12.2. The van der Waals surface area contributed by atoms with Crippen molar-refractivity contribution in [1.29, 1.82) is 0 Å². The monoisotopic (exact) mass is 362 g/mol. The van der Waals surface area contributed by atoms with Crippen LogP contribution in [0.1, 0.15) is 59.3 Å². The van der Waals surface area contributed by atoms with Crippen molar-refractivity contribution in [3.8, 4) is 0 Å². The van der Waals surface area contributed by atoms with Gasteiger partial charge in [0.1, 0.15) is 5.60 Å². The Bertz CT molecular complexity index is 723. The molecule has 0 radical (unpaired) electrons. The van der Waals surface area contributed by atoms with Crippen LogP contribution in [-0.4, -0.2) is 22.3 Å². The number of halogens is 1. The normalized spacial score (nSPS) is 48.8. The molecule has 2 saturated carbocycles. The number of ketones is 2. The van der Waals surface area contributed by atoms with Crippen LogP contribution < -0.4 is 0 Å². The Labute approximate surface area is 154 Å². The third-order valence-corrected chi connectivity index (χ3v) is 8.62. The minimum atomic E-state index is -1.21. The van der Waals surface area contributed by atoms with Crippen molar-refractivity contribution in [2.75, 3.05) is 0 Å². The van der Waals surface area contributed by atoms with E-state index >= 15 is 0 Å². The van der Waals surface area contributed by atoms with E-state index in [2.05, 4.69) is 19.9 Å². The molecule has 0 amide bonds. The van der Waals surface area contributed by atoms with Crippen molar-refractivity contribution < 1.29 is 14.7 Å². The van der Waals surface area contributed by atoms with E-state index in [-0.39, 0.29) is 34.2 Å². The number of fused-ring (bicyclic) bond motifs is 5. The molecular formula is C21H27ClO3. The van der Waals surface area contributed by atoms with Crippen LogP contribution in [0.3, 0.4) is 0 Å². The second-order valence-corrected chi connectivity index (χ2v) is 9.57. The second-order valence-electron chi connectivity index (χ2n) is 9.16. The first-order chi connectivity index (χ1) is 11.6. The number of carbonyl (C=O) groups excluding carboxylic acids is 2. The number of carbonyl (C=O) groups is 2. The average Bonchev–Trinajstić information content (AvgIpc) is 2.83. The summed E-state index contributed by atoms with van der Waals surface area (Å²) < 4.78 is 0. The molecule has 0 aliphatic heterocycles. The van der Waals surface area contributed by atoms with E-state index in [0.29, 0.717) is 23.8 Å². The summed E-state index contributed by atoms with van der Waals surface area (Å²) in [7, 11) is 0. The number of aliphatic hydroxyl groups is 1. The van der Waals surface area contributed by atoms with Gasteiger partial charge in [-0.2, -0.15) is 0 Å². The zero-order chi connectivity index (χ0) is 18.2. The number of rotatable bonds is 1. The summed E-state index contributed by atoms with van der Waals surface area (Å²) in [4.78, 5) is 24.2. The Morgan fingerprint density at radius 3 is 2.56 bits per heavy atom. The lowest BCUT2D eigenvalue weighted by molar-refractivity contribution is -0.156. The summed E-state index contributed by atoms with van der Waals surface area (Å²) in [6.45, 7) is 5.88. The van der Waals surface area contributed by atoms with Crippen LogP contribution in [0.5, 0.6) is 0 Å². The summed E-state index contributed by atoms with van der Waals surface area (Å²) in [6.07, 6.45) is 8.57. The van der Waals surface area contributed by atoms with Gasteiger partial charge in [-0.15, -0.1) is 0 Å². The molecule has 0 saturated heterocycles. The van der Waals surface area contributed by atoms with Gasteiger partial charge >= 0.3 is 0 Å². The number of allylic oxidation sites excluding steroid dienone is 4. The zero-order valence-electron chi connectivity index (χ0n) is 15.3.